The van der Waals surface area contributed by atoms with E-state index < -0.39 is 0 Å². The van der Waals surface area contributed by atoms with Gasteiger partial charge in [-0.3, -0.25) is 0 Å². The van der Waals surface area contributed by atoms with Crippen LogP contribution < -0.4 is 16.4 Å². The molecule has 0 aliphatic rings. The number of aromatic nitrogens is 2. The Labute approximate surface area is 133 Å². The molecule has 0 fully saturated rings. The monoisotopic (exact) mass is 349 g/mol. The lowest BCUT2D eigenvalue weighted by atomic mass is 10.2. The van der Waals surface area contributed by atoms with Gasteiger partial charge >= 0.3 is 0 Å². The summed E-state index contributed by atoms with van der Waals surface area (Å²) in [7, 11) is 0. The van der Waals surface area contributed by atoms with Crippen molar-refractivity contribution in [2.24, 2.45) is 0 Å². The van der Waals surface area contributed by atoms with Gasteiger partial charge in [0, 0.05) is 18.9 Å². The maximum Gasteiger partial charge on any atom is 0.146 e. The van der Waals surface area contributed by atoms with Gasteiger partial charge in [-0.2, -0.15) is 0 Å². The van der Waals surface area contributed by atoms with E-state index in [4.69, 9.17) is 5.73 Å². The van der Waals surface area contributed by atoms with E-state index in [-0.39, 0.29) is 0 Å². The van der Waals surface area contributed by atoms with Crippen LogP contribution in [0.25, 0.3) is 0 Å². The van der Waals surface area contributed by atoms with Crippen molar-refractivity contribution in [1.82, 2.24) is 15.3 Å². The van der Waals surface area contributed by atoms with Crippen molar-refractivity contribution in [3.05, 3.63) is 46.8 Å². The zero-order valence-corrected chi connectivity index (χ0v) is 13.4. The Morgan fingerprint density at radius 3 is 2.81 bits per heavy atom. The van der Waals surface area contributed by atoms with Gasteiger partial charge in [0.25, 0.3) is 0 Å². The van der Waals surface area contributed by atoms with E-state index in [1.165, 1.54) is 5.56 Å². The fraction of sp³-hybridized carbons (Fsp3) is 0.333. The Balaban J connectivity index is 1.55. The third kappa shape index (κ3) is 5.69. The Kier molecular flexibility index (Phi) is 6.43. The molecule has 2 rings (SSSR count). The molecule has 0 saturated carbocycles. The number of hydrogen-bond donors (Lipinski definition) is 3. The zero-order chi connectivity index (χ0) is 14.9. The largest absolute Gasteiger partial charge is 0.382 e. The molecule has 112 valence electrons. The molecule has 0 spiro atoms. The van der Waals surface area contributed by atoms with Gasteiger partial charge in [0.05, 0.1) is 5.69 Å². The maximum atomic E-state index is 5.76. The first-order valence-electron chi connectivity index (χ1n) is 7.01. The van der Waals surface area contributed by atoms with Crippen molar-refractivity contribution in [2.75, 3.05) is 30.7 Å². The Morgan fingerprint density at radius 2 is 2.00 bits per heavy atom. The van der Waals surface area contributed by atoms with Crippen LogP contribution in [-0.2, 0) is 6.42 Å². The standard InChI is InChI=1S/C15H20BrN5/c16-14-11-12(5-10-20-14)4-9-18-6-2-8-19-13-3-1-7-21-15(13)17/h1,3,5,7,10-11,18-19H,2,4,6,8-9H2,(H2,17,21). The van der Waals surface area contributed by atoms with Gasteiger partial charge in [0.15, 0.2) is 0 Å². The van der Waals surface area contributed by atoms with Gasteiger partial charge in [-0.15, -0.1) is 0 Å². The summed E-state index contributed by atoms with van der Waals surface area (Å²) in [5.74, 6) is 0.550. The molecule has 6 heteroatoms. The highest BCUT2D eigenvalue weighted by atomic mass is 79.9. The van der Waals surface area contributed by atoms with Gasteiger partial charge < -0.3 is 16.4 Å². The number of nitrogens with zero attached hydrogens (tertiary/aromatic N) is 2. The number of hydrogen-bond acceptors (Lipinski definition) is 5. The molecule has 0 unspecified atom stereocenters. The zero-order valence-electron chi connectivity index (χ0n) is 11.8. The molecule has 0 bridgehead atoms. The molecule has 0 aliphatic heterocycles. The van der Waals surface area contributed by atoms with Crippen LogP contribution in [0.5, 0.6) is 0 Å². The highest BCUT2D eigenvalue weighted by Crippen LogP contribution is 2.12. The fourth-order valence-corrected chi connectivity index (χ4v) is 2.37. The third-order valence-corrected chi connectivity index (χ3v) is 3.50. The van der Waals surface area contributed by atoms with Crippen molar-refractivity contribution in [2.45, 2.75) is 12.8 Å². The number of anilines is 2. The maximum absolute atomic E-state index is 5.76. The Hall–Kier alpha value is -1.66. The van der Waals surface area contributed by atoms with Crippen molar-refractivity contribution >= 4 is 27.4 Å². The fourth-order valence-electron chi connectivity index (χ4n) is 1.96. The molecule has 0 radical (unpaired) electrons. The molecule has 0 aromatic carbocycles. The summed E-state index contributed by atoms with van der Waals surface area (Å²) < 4.78 is 0.887. The second-order valence-corrected chi connectivity index (χ2v) is 5.52. The summed E-state index contributed by atoms with van der Waals surface area (Å²) in [4.78, 5) is 8.16. The third-order valence-electron chi connectivity index (χ3n) is 3.07. The van der Waals surface area contributed by atoms with Crippen LogP contribution in [0.15, 0.2) is 41.3 Å². The Morgan fingerprint density at radius 1 is 1.10 bits per heavy atom. The predicted molar refractivity (Wildman–Crippen MR) is 90.3 cm³/mol. The Bertz CT molecular complexity index is 561. The van der Waals surface area contributed by atoms with Crippen LogP contribution in [0.3, 0.4) is 0 Å². The minimum Gasteiger partial charge on any atom is -0.382 e. The first-order valence-corrected chi connectivity index (χ1v) is 7.80. The summed E-state index contributed by atoms with van der Waals surface area (Å²) in [6.45, 7) is 2.81. The summed E-state index contributed by atoms with van der Waals surface area (Å²) in [5, 5.41) is 6.72. The lowest BCUT2D eigenvalue weighted by Gasteiger charge is -2.09. The van der Waals surface area contributed by atoms with Crippen molar-refractivity contribution in [3.63, 3.8) is 0 Å². The smallest absolute Gasteiger partial charge is 0.146 e. The SMILES string of the molecule is Nc1ncccc1NCCCNCCc1ccnc(Br)c1. The topological polar surface area (TPSA) is 75.9 Å². The molecule has 0 amide bonds. The average Bonchev–Trinajstić information content (AvgIpc) is 2.48. The molecular weight excluding hydrogens is 330 g/mol. The van der Waals surface area contributed by atoms with Crippen LogP contribution in [0, 0.1) is 0 Å². The molecule has 5 nitrogen and oxygen atoms in total. The number of nitrogen functional groups attached to an aromatic ring is 1. The molecule has 0 saturated heterocycles. The van der Waals surface area contributed by atoms with Crippen LogP contribution in [0.2, 0.25) is 0 Å². The van der Waals surface area contributed by atoms with Crippen molar-refractivity contribution in [3.8, 4) is 0 Å². The summed E-state index contributed by atoms with van der Waals surface area (Å²) in [6, 6.07) is 7.91. The number of nitrogens with one attached hydrogen (secondary N) is 2. The highest BCUT2D eigenvalue weighted by molar-refractivity contribution is 9.10. The first-order chi connectivity index (χ1) is 10.3. The van der Waals surface area contributed by atoms with E-state index in [0.29, 0.717) is 5.82 Å². The summed E-state index contributed by atoms with van der Waals surface area (Å²) in [6.07, 6.45) is 5.56. The van der Waals surface area contributed by atoms with E-state index >= 15 is 0 Å². The lowest BCUT2D eigenvalue weighted by Crippen LogP contribution is -2.20. The van der Waals surface area contributed by atoms with E-state index in [1.54, 1.807) is 6.20 Å². The van der Waals surface area contributed by atoms with Gasteiger partial charge in [0.1, 0.15) is 10.4 Å². The summed E-state index contributed by atoms with van der Waals surface area (Å²) >= 11 is 3.38. The number of halogens is 1. The van der Waals surface area contributed by atoms with Crippen LogP contribution in [0.1, 0.15) is 12.0 Å². The highest BCUT2D eigenvalue weighted by Gasteiger charge is 1.98. The van der Waals surface area contributed by atoms with Crippen LogP contribution >= 0.6 is 15.9 Å². The average molecular weight is 350 g/mol. The molecular formula is C15H20BrN5. The molecule has 0 aliphatic carbocycles. The van der Waals surface area contributed by atoms with Gasteiger partial charge in [0.2, 0.25) is 0 Å². The van der Waals surface area contributed by atoms with E-state index in [9.17, 15) is 0 Å². The lowest BCUT2D eigenvalue weighted by molar-refractivity contribution is 0.660. The van der Waals surface area contributed by atoms with Gasteiger partial charge in [-0.05, 0) is 71.7 Å². The molecule has 2 aromatic rings. The summed E-state index contributed by atoms with van der Waals surface area (Å²) in [5.41, 5.74) is 7.95. The molecule has 2 heterocycles. The van der Waals surface area contributed by atoms with E-state index in [1.807, 2.05) is 24.4 Å². The minimum atomic E-state index is 0.550. The quantitative estimate of drug-likeness (QED) is 0.504. The molecule has 0 atom stereocenters. The second-order valence-electron chi connectivity index (χ2n) is 4.70. The molecule has 21 heavy (non-hydrogen) atoms. The van der Waals surface area contributed by atoms with E-state index in [2.05, 4.69) is 42.6 Å². The van der Waals surface area contributed by atoms with Crippen LogP contribution in [0.4, 0.5) is 11.5 Å². The minimum absolute atomic E-state index is 0.550. The van der Waals surface area contributed by atoms with Crippen LogP contribution in [-0.4, -0.2) is 29.6 Å². The first kappa shape index (κ1) is 15.7. The second kappa shape index (κ2) is 8.59. The predicted octanol–water partition coefficient (Wildman–Crippen LogP) is 2.46. The van der Waals surface area contributed by atoms with E-state index in [0.717, 1.165) is 42.8 Å². The number of rotatable bonds is 8. The molecule has 4 N–H and O–H groups in total. The number of nitrogens with two attached hydrogens (primary N) is 1. The normalized spacial score (nSPS) is 10.5. The number of pyridine rings is 2. The van der Waals surface area contributed by atoms with Crippen molar-refractivity contribution in [1.29, 1.82) is 0 Å². The van der Waals surface area contributed by atoms with Crippen molar-refractivity contribution < 1.29 is 0 Å². The van der Waals surface area contributed by atoms with Gasteiger partial charge in [-0.25, -0.2) is 9.97 Å². The van der Waals surface area contributed by atoms with Gasteiger partial charge in [-0.1, -0.05) is 0 Å². The molecule has 2 aromatic heterocycles.